The zero-order valence-corrected chi connectivity index (χ0v) is 21.7. The van der Waals surface area contributed by atoms with E-state index in [1.165, 1.54) is 17.0 Å². The molecule has 1 aromatic heterocycles. The average Bonchev–Trinajstić information content (AvgIpc) is 3.36. The number of aryl methyl sites for hydroxylation is 1. The lowest BCUT2D eigenvalue weighted by Gasteiger charge is -2.38. The summed E-state index contributed by atoms with van der Waals surface area (Å²) in [7, 11) is 0. The Balaban J connectivity index is 1.50. The molecule has 2 heterocycles. The van der Waals surface area contributed by atoms with Crippen LogP contribution in [-0.4, -0.2) is 47.5 Å². The lowest BCUT2D eigenvalue weighted by atomic mass is 10.00. The van der Waals surface area contributed by atoms with Crippen LogP contribution in [0.5, 0.6) is 5.75 Å². The Kier molecular flexibility index (Phi) is 8.25. The first-order valence-electron chi connectivity index (χ1n) is 12.2. The molecule has 36 heavy (non-hydrogen) atoms. The van der Waals surface area contributed by atoms with E-state index in [4.69, 9.17) is 4.74 Å². The number of ether oxygens (including phenoxy) is 1. The van der Waals surface area contributed by atoms with Crippen molar-refractivity contribution in [1.82, 2.24) is 9.80 Å². The van der Waals surface area contributed by atoms with Gasteiger partial charge in [-0.25, -0.2) is 9.18 Å². The molecule has 1 aliphatic heterocycles. The molecule has 8 heteroatoms. The summed E-state index contributed by atoms with van der Waals surface area (Å²) in [4.78, 5) is 31.5. The Morgan fingerprint density at radius 1 is 1.17 bits per heavy atom. The van der Waals surface area contributed by atoms with Gasteiger partial charge in [-0.1, -0.05) is 24.6 Å². The minimum absolute atomic E-state index is 0.0286. The zero-order chi connectivity index (χ0) is 25.7. The molecule has 2 aromatic carbocycles. The van der Waals surface area contributed by atoms with Gasteiger partial charge in [-0.05, 0) is 80.1 Å². The van der Waals surface area contributed by atoms with Crippen molar-refractivity contribution >= 4 is 29.0 Å². The van der Waals surface area contributed by atoms with Crippen LogP contribution in [0.1, 0.15) is 42.3 Å². The Hall–Kier alpha value is -3.39. The Morgan fingerprint density at radius 2 is 1.89 bits per heavy atom. The summed E-state index contributed by atoms with van der Waals surface area (Å²) < 4.78 is 19.3. The van der Waals surface area contributed by atoms with Crippen LogP contribution in [0.4, 0.5) is 14.9 Å². The first-order chi connectivity index (χ1) is 17.4. The number of benzene rings is 2. The molecule has 0 saturated carbocycles. The number of nitrogens with one attached hydrogen (secondary N) is 1. The number of hydrogen-bond acceptors (Lipinski definition) is 4. The SMILES string of the molecule is CCC(C)N(CC(=O)N1CCc2sccc2C1COc1ccc(F)cc1)C(=O)Nc1ccc(C)cc1. The van der Waals surface area contributed by atoms with Gasteiger partial charge in [-0.2, -0.15) is 0 Å². The topological polar surface area (TPSA) is 61.9 Å². The molecule has 3 amide bonds. The van der Waals surface area contributed by atoms with Gasteiger partial charge in [0.25, 0.3) is 0 Å². The van der Waals surface area contributed by atoms with Crippen LogP contribution >= 0.6 is 11.3 Å². The number of carbonyl (C=O) groups is 2. The van der Waals surface area contributed by atoms with Gasteiger partial charge in [0.05, 0.1) is 6.04 Å². The summed E-state index contributed by atoms with van der Waals surface area (Å²) in [6.07, 6.45) is 1.49. The molecule has 1 aliphatic rings. The zero-order valence-electron chi connectivity index (χ0n) is 20.9. The second kappa shape index (κ2) is 11.6. The first kappa shape index (κ1) is 25.7. The highest BCUT2D eigenvalue weighted by Gasteiger charge is 2.34. The van der Waals surface area contributed by atoms with Crippen molar-refractivity contribution in [2.45, 2.75) is 45.7 Å². The molecule has 0 saturated heterocycles. The summed E-state index contributed by atoms with van der Waals surface area (Å²) >= 11 is 1.68. The van der Waals surface area contributed by atoms with Crippen molar-refractivity contribution in [2.75, 3.05) is 25.0 Å². The smallest absolute Gasteiger partial charge is 0.322 e. The largest absolute Gasteiger partial charge is 0.491 e. The molecule has 2 unspecified atom stereocenters. The maximum Gasteiger partial charge on any atom is 0.322 e. The molecule has 6 nitrogen and oxygen atoms in total. The van der Waals surface area contributed by atoms with Crippen molar-refractivity contribution < 1.29 is 18.7 Å². The highest BCUT2D eigenvalue weighted by molar-refractivity contribution is 7.10. The van der Waals surface area contributed by atoms with E-state index in [9.17, 15) is 14.0 Å². The van der Waals surface area contributed by atoms with Crippen molar-refractivity contribution in [2.24, 2.45) is 0 Å². The molecule has 0 fully saturated rings. The van der Waals surface area contributed by atoms with Gasteiger partial charge in [0.2, 0.25) is 5.91 Å². The number of urea groups is 1. The van der Waals surface area contributed by atoms with Crippen LogP contribution in [0.3, 0.4) is 0 Å². The van der Waals surface area contributed by atoms with Crippen molar-refractivity contribution in [3.63, 3.8) is 0 Å². The minimum Gasteiger partial charge on any atom is -0.491 e. The maximum atomic E-state index is 13.6. The molecule has 0 aliphatic carbocycles. The van der Waals surface area contributed by atoms with Crippen LogP contribution in [-0.2, 0) is 11.2 Å². The van der Waals surface area contributed by atoms with Crippen LogP contribution in [0.25, 0.3) is 0 Å². The van der Waals surface area contributed by atoms with E-state index >= 15 is 0 Å². The first-order valence-corrected chi connectivity index (χ1v) is 13.1. The second-order valence-electron chi connectivity index (χ2n) is 9.10. The summed E-state index contributed by atoms with van der Waals surface area (Å²) in [5.74, 6) is 0.0924. The summed E-state index contributed by atoms with van der Waals surface area (Å²) in [5, 5.41) is 4.96. The predicted molar refractivity (Wildman–Crippen MR) is 141 cm³/mol. The van der Waals surface area contributed by atoms with Crippen LogP contribution < -0.4 is 10.1 Å². The van der Waals surface area contributed by atoms with E-state index in [0.29, 0.717) is 18.0 Å². The number of rotatable bonds is 8. The van der Waals surface area contributed by atoms with E-state index in [2.05, 4.69) is 5.32 Å². The predicted octanol–water partition coefficient (Wildman–Crippen LogP) is 6.03. The number of anilines is 1. The van der Waals surface area contributed by atoms with E-state index in [1.54, 1.807) is 28.4 Å². The van der Waals surface area contributed by atoms with E-state index < -0.39 is 0 Å². The molecular formula is C28H32FN3O3S. The minimum atomic E-state index is -0.328. The highest BCUT2D eigenvalue weighted by atomic mass is 32.1. The summed E-state index contributed by atoms with van der Waals surface area (Å²) in [6, 6.07) is 14.8. The third-order valence-electron chi connectivity index (χ3n) is 6.63. The standard InChI is InChI=1S/C28H32FN3O3S/c1-4-20(3)32(28(34)30-22-9-5-19(2)6-10-22)17-27(33)31-15-13-26-24(14-16-36-26)25(31)18-35-23-11-7-21(29)8-12-23/h5-12,14,16,20,25H,4,13,15,17-18H2,1-3H3,(H,30,34). The average molecular weight is 510 g/mol. The fourth-order valence-electron chi connectivity index (χ4n) is 4.30. The van der Waals surface area contributed by atoms with Crippen LogP contribution in [0, 0.1) is 12.7 Å². The van der Waals surface area contributed by atoms with Crippen molar-refractivity contribution in [3.8, 4) is 5.75 Å². The third-order valence-corrected chi connectivity index (χ3v) is 7.63. The lowest BCUT2D eigenvalue weighted by molar-refractivity contribution is -0.135. The monoisotopic (exact) mass is 509 g/mol. The number of thiophene rings is 1. The highest BCUT2D eigenvalue weighted by Crippen LogP contribution is 2.34. The normalized spacial score (nSPS) is 15.7. The molecule has 0 radical (unpaired) electrons. The van der Waals surface area contributed by atoms with Gasteiger partial charge in [-0.3, -0.25) is 4.79 Å². The fourth-order valence-corrected chi connectivity index (χ4v) is 5.23. The second-order valence-corrected chi connectivity index (χ2v) is 10.1. The van der Waals surface area contributed by atoms with Gasteiger partial charge >= 0.3 is 6.03 Å². The maximum absolute atomic E-state index is 13.6. The summed E-state index contributed by atoms with van der Waals surface area (Å²) in [5.41, 5.74) is 2.87. The fraction of sp³-hybridized carbons (Fsp3) is 0.357. The van der Waals surface area contributed by atoms with Crippen LogP contribution in [0.15, 0.2) is 60.0 Å². The third kappa shape index (κ3) is 6.05. The Bertz CT molecular complexity index is 1180. The number of fused-ring (bicyclic) bond motifs is 1. The molecule has 3 aromatic rings. The molecule has 4 rings (SSSR count). The molecular weight excluding hydrogens is 477 g/mol. The van der Waals surface area contributed by atoms with Crippen molar-refractivity contribution in [1.29, 1.82) is 0 Å². The molecule has 1 N–H and O–H groups in total. The van der Waals surface area contributed by atoms with Gasteiger partial charge in [0.15, 0.2) is 0 Å². The number of hydrogen-bond donors (Lipinski definition) is 1. The Labute approximate surface area is 215 Å². The van der Waals surface area contributed by atoms with Crippen molar-refractivity contribution in [3.05, 3.63) is 81.8 Å². The molecule has 2 atom stereocenters. The summed E-state index contributed by atoms with van der Waals surface area (Å²) in [6.45, 7) is 6.71. The van der Waals surface area contributed by atoms with E-state index in [1.807, 2.05) is 61.4 Å². The number of carbonyl (C=O) groups excluding carboxylic acids is 2. The number of halogens is 1. The van der Waals surface area contributed by atoms with Gasteiger partial charge < -0.3 is 19.9 Å². The van der Waals surface area contributed by atoms with Gasteiger partial charge in [0, 0.05) is 23.2 Å². The number of nitrogens with zero attached hydrogens (tertiary/aromatic N) is 2. The van der Waals surface area contributed by atoms with Crippen LogP contribution in [0.2, 0.25) is 0 Å². The quantitative estimate of drug-likeness (QED) is 0.403. The Morgan fingerprint density at radius 3 is 2.58 bits per heavy atom. The van der Waals surface area contributed by atoms with Gasteiger partial charge in [0.1, 0.15) is 24.7 Å². The van der Waals surface area contributed by atoms with E-state index in [0.717, 1.165) is 24.0 Å². The molecule has 190 valence electrons. The lowest BCUT2D eigenvalue weighted by Crippen LogP contribution is -2.50. The number of amides is 3. The molecule has 0 spiro atoms. The molecule has 0 bridgehead atoms. The van der Waals surface area contributed by atoms with E-state index in [-0.39, 0.29) is 43.0 Å². The van der Waals surface area contributed by atoms with Gasteiger partial charge in [-0.15, -0.1) is 11.3 Å².